The Labute approximate surface area is 127 Å². The number of furan rings is 1. The molecule has 0 aliphatic carbocycles. The standard InChI is InChI=1S/C15H18N4O3/c1-10-8-11-9-12(2-3-13(11)22-10)17-14(16)18-15(20)19-4-6-21-7-5-19/h2-3,8-9H,4-7H2,1H3,(H3,16,17,18,20). The number of morpholine rings is 1. The monoisotopic (exact) mass is 302 g/mol. The molecule has 1 aromatic heterocycles. The van der Waals surface area contributed by atoms with Gasteiger partial charge in [0.1, 0.15) is 11.3 Å². The van der Waals surface area contributed by atoms with Crippen LogP contribution >= 0.6 is 0 Å². The van der Waals surface area contributed by atoms with Crippen LogP contribution in [0.4, 0.5) is 10.5 Å². The Morgan fingerprint density at radius 3 is 2.86 bits per heavy atom. The van der Waals surface area contributed by atoms with E-state index in [1.165, 1.54) is 0 Å². The third-order valence-corrected chi connectivity index (χ3v) is 3.41. The number of guanidine groups is 1. The lowest BCUT2D eigenvalue weighted by Gasteiger charge is -2.26. The van der Waals surface area contributed by atoms with Gasteiger partial charge in [0.15, 0.2) is 0 Å². The fourth-order valence-corrected chi connectivity index (χ4v) is 2.36. The highest BCUT2D eigenvalue weighted by atomic mass is 16.5. The lowest BCUT2D eigenvalue weighted by molar-refractivity contribution is 0.0543. The minimum Gasteiger partial charge on any atom is -0.461 e. The van der Waals surface area contributed by atoms with Crippen LogP contribution < -0.4 is 11.1 Å². The molecule has 2 heterocycles. The second-order valence-electron chi connectivity index (χ2n) is 5.11. The van der Waals surface area contributed by atoms with Crippen molar-refractivity contribution in [3.05, 3.63) is 30.0 Å². The van der Waals surface area contributed by atoms with Crippen LogP contribution in [0.15, 0.2) is 33.7 Å². The van der Waals surface area contributed by atoms with Crippen molar-refractivity contribution in [1.29, 1.82) is 0 Å². The average Bonchev–Trinajstić information content (AvgIpc) is 2.87. The number of rotatable bonds is 1. The fraction of sp³-hybridized carbons (Fsp3) is 0.333. The van der Waals surface area contributed by atoms with E-state index in [2.05, 4.69) is 10.3 Å². The number of nitrogens with zero attached hydrogens (tertiary/aromatic N) is 2. The molecule has 1 aliphatic heterocycles. The van der Waals surface area contributed by atoms with Gasteiger partial charge in [0.05, 0.1) is 18.9 Å². The summed E-state index contributed by atoms with van der Waals surface area (Å²) in [6.45, 7) is 4.08. The number of amides is 2. The highest BCUT2D eigenvalue weighted by molar-refractivity contribution is 5.96. The summed E-state index contributed by atoms with van der Waals surface area (Å²) in [5, 5.41) is 3.54. The smallest absolute Gasteiger partial charge is 0.324 e. The first-order valence-electron chi connectivity index (χ1n) is 7.10. The first-order valence-corrected chi connectivity index (χ1v) is 7.10. The topological polar surface area (TPSA) is 93.1 Å². The van der Waals surface area contributed by atoms with Gasteiger partial charge < -0.3 is 19.8 Å². The molecule has 2 aromatic rings. The third-order valence-electron chi connectivity index (χ3n) is 3.41. The number of hydrogen-bond acceptors (Lipinski definition) is 4. The van der Waals surface area contributed by atoms with Gasteiger partial charge in [-0.05, 0) is 31.2 Å². The highest BCUT2D eigenvalue weighted by Gasteiger charge is 2.17. The molecule has 0 bridgehead atoms. The maximum atomic E-state index is 12.0. The Hall–Kier alpha value is -2.54. The van der Waals surface area contributed by atoms with Crippen LogP contribution in [-0.4, -0.2) is 43.2 Å². The van der Waals surface area contributed by atoms with Crippen molar-refractivity contribution in [1.82, 2.24) is 10.2 Å². The molecule has 0 unspecified atom stereocenters. The van der Waals surface area contributed by atoms with Crippen molar-refractivity contribution in [3.8, 4) is 0 Å². The molecule has 1 saturated heterocycles. The Balaban J connectivity index is 1.70. The van der Waals surface area contributed by atoms with Crippen LogP contribution in [-0.2, 0) is 4.74 Å². The Kier molecular flexibility index (Phi) is 3.97. The molecule has 0 radical (unpaired) electrons. The van der Waals surface area contributed by atoms with Crippen LogP contribution in [0, 0.1) is 6.92 Å². The van der Waals surface area contributed by atoms with E-state index >= 15 is 0 Å². The molecular formula is C15H18N4O3. The molecule has 0 atom stereocenters. The Bertz CT molecular complexity index is 717. The van der Waals surface area contributed by atoms with E-state index in [0.717, 1.165) is 16.7 Å². The van der Waals surface area contributed by atoms with Crippen molar-refractivity contribution in [2.75, 3.05) is 26.3 Å². The summed E-state index contributed by atoms with van der Waals surface area (Å²) in [6.07, 6.45) is 0. The van der Waals surface area contributed by atoms with Crippen LogP contribution in [0.5, 0.6) is 0 Å². The first-order chi connectivity index (χ1) is 10.6. The molecule has 116 valence electrons. The van der Waals surface area contributed by atoms with Gasteiger partial charge in [0, 0.05) is 18.5 Å². The van der Waals surface area contributed by atoms with Gasteiger partial charge >= 0.3 is 6.03 Å². The van der Waals surface area contributed by atoms with Crippen molar-refractivity contribution in [3.63, 3.8) is 0 Å². The summed E-state index contributed by atoms with van der Waals surface area (Å²) in [6, 6.07) is 7.15. The van der Waals surface area contributed by atoms with Gasteiger partial charge in [-0.1, -0.05) is 0 Å². The van der Waals surface area contributed by atoms with Gasteiger partial charge in [-0.2, -0.15) is 0 Å². The number of hydrogen-bond donors (Lipinski definition) is 2. The second-order valence-corrected chi connectivity index (χ2v) is 5.11. The number of aliphatic imine (C=N–C) groups is 1. The number of carbonyl (C=O) groups is 1. The number of nitrogens with one attached hydrogen (secondary N) is 1. The SMILES string of the molecule is Cc1cc2cc(N=C(N)NC(=O)N3CCOCC3)ccc2o1. The average molecular weight is 302 g/mol. The van der Waals surface area contributed by atoms with E-state index < -0.39 is 0 Å². The molecule has 7 nitrogen and oxygen atoms in total. The maximum Gasteiger partial charge on any atom is 0.324 e. The predicted molar refractivity (Wildman–Crippen MR) is 83.2 cm³/mol. The molecular weight excluding hydrogens is 284 g/mol. The Morgan fingerprint density at radius 2 is 2.09 bits per heavy atom. The summed E-state index contributed by atoms with van der Waals surface area (Å²) >= 11 is 0. The van der Waals surface area contributed by atoms with E-state index in [-0.39, 0.29) is 12.0 Å². The number of ether oxygens (including phenoxy) is 1. The van der Waals surface area contributed by atoms with Gasteiger partial charge in [0.25, 0.3) is 0 Å². The van der Waals surface area contributed by atoms with Crippen LogP contribution in [0.3, 0.4) is 0 Å². The predicted octanol–water partition coefficient (Wildman–Crippen LogP) is 1.73. The van der Waals surface area contributed by atoms with Gasteiger partial charge in [-0.3, -0.25) is 5.32 Å². The minimum absolute atomic E-state index is 0.0658. The number of nitrogens with two attached hydrogens (primary N) is 1. The van der Waals surface area contributed by atoms with E-state index in [1.54, 1.807) is 11.0 Å². The third kappa shape index (κ3) is 3.20. The summed E-state index contributed by atoms with van der Waals surface area (Å²) in [5.41, 5.74) is 7.26. The zero-order valence-corrected chi connectivity index (χ0v) is 12.3. The number of carbonyl (C=O) groups excluding carboxylic acids is 1. The number of benzene rings is 1. The molecule has 1 aliphatic rings. The molecule has 3 N–H and O–H groups in total. The molecule has 1 aromatic carbocycles. The van der Waals surface area contributed by atoms with Gasteiger partial charge in [-0.15, -0.1) is 0 Å². The van der Waals surface area contributed by atoms with Crippen LogP contribution in [0.25, 0.3) is 11.0 Å². The summed E-state index contributed by atoms with van der Waals surface area (Å²) in [5.74, 6) is 0.904. The summed E-state index contributed by atoms with van der Waals surface area (Å²) in [4.78, 5) is 17.9. The number of aryl methyl sites for hydroxylation is 1. The molecule has 2 amide bonds. The van der Waals surface area contributed by atoms with E-state index in [1.807, 2.05) is 25.1 Å². The molecule has 1 fully saturated rings. The van der Waals surface area contributed by atoms with Crippen molar-refractivity contribution >= 4 is 28.6 Å². The molecule has 0 saturated carbocycles. The van der Waals surface area contributed by atoms with Crippen molar-refractivity contribution in [2.45, 2.75) is 6.92 Å². The van der Waals surface area contributed by atoms with Crippen molar-refractivity contribution in [2.24, 2.45) is 10.7 Å². The van der Waals surface area contributed by atoms with Crippen molar-refractivity contribution < 1.29 is 13.9 Å². The Morgan fingerprint density at radius 1 is 1.32 bits per heavy atom. The molecule has 0 spiro atoms. The van der Waals surface area contributed by atoms with Crippen LogP contribution in [0.1, 0.15) is 5.76 Å². The van der Waals surface area contributed by atoms with E-state index in [0.29, 0.717) is 32.0 Å². The summed E-state index contributed by atoms with van der Waals surface area (Å²) in [7, 11) is 0. The lowest BCUT2D eigenvalue weighted by atomic mass is 10.2. The lowest BCUT2D eigenvalue weighted by Crippen LogP contribution is -2.49. The first kappa shape index (κ1) is 14.4. The zero-order valence-electron chi connectivity index (χ0n) is 12.3. The highest BCUT2D eigenvalue weighted by Crippen LogP contribution is 2.24. The zero-order chi connectivity index (χ0) is 15.5. The maximum absolute atomic E-state index is 12.0. The molecule has 22 heavy (non-hydrogen) atoms. The molecule has 7 heteroatoms. The quantitative estimate of drug-likeness (QED) is 0.619. The van der Waals surface area contributed by atoms with Gasteiger partial charge in [-0.25, -0.2) is 9.79 Å². The van der Waals surface area contributed by atoms with E-state index in [4.69, 9.17) is 14.9 Å². The van der Waals surface area contributed by atoms with Gasteiger partial charge in [0.2, 0.25) is 5.96 Å². The number of urea groups is 1. The molecule has 3 rings (SSSR count). The van der Waals surface area contributed by atoms with Crippen LogP contribution in [0.2, 0.25) is 0 Å². The normalized spacial score (nSPS) is 16.0. The fourth-order valence-electron chi connectivity index (χ4n) is 2.36. The summed E-state index contributed by atoms with van der Waals surface area (Å²) < 4.78 is 10.7. The van der Waals surface area contributed by atoms with E-state index in [9.17, 15) is 4.79 Å². The number of fused-ring (bicyclic) bond motifs is 1. The second kappa shape index (κ2) is 6.07. The largest absolute Gasteiger partial charge is 0.461 e. The minimum atomic E-state index is -0.259.